The van der Waals surface area contributed by atoms with Crippen LogP contribution in [0.1, 0.15) is 18.5 Å². The Bertz CT molecular complexity index is 952. The van der Waals surface area contributed by atoms with Crippen LogP contribution in [0.2, 0.25) is 0 Å². The number of para-hydroxylation sites is 1. The molecule has 0 radical (unpaired) electrons. The van der Waals surface area contributed by atoms with Crippen molar-refractivity contribution in [1.29, 1.82) is 0 Å². The molecule has 1 amide bonds. The molecule has 0 saturated carbocycles. The Labute approximate surface area is 147 Å². The van der Waals surface area contributed by atoms with E-state index in [0.717, 1.165) is 10.0 Å². The van der Waals surface area contributed by atoms with Crippen molar-refractivity contribution in [3.05, 3.63) is 75.0 Å². The second-order valence-corrected chi connectivity index (χ2v) is 6.35. The molecule has 0 saturated heterocycles. The van der Waals surface area contributed by atoms with Crippen molar-refractivity contribution in [1.82, 2.24) is 15.1 Å². The third-order valence-corrected chi connectivity index (χ3v) is 4.53. The quantitative estimate of drug-likeness (QED) is 0.750. The van der Waals surface area contributed by atoms with Crippen molar-refractivity contribution < 1.29 is 4.79 Å². The average molecular weight is 386 g/mol. The van der Waals surface area contributed by atoms with Gasteiger partial charge in [-0.1, -0.05) is 46.3 Å². The summed E-state index contributed by atoms with van der Waals surface area (Å²) >= 11 is 3.49. The van der Waals surface area contributed by atoms with Gasteiger partial charge in [0.2, 0.25) is 11.3 Å². The summed E-state index contributed by atoms with van der Waals surface area (Å²) in [7, 11) is 0. The number of rotatable bonds is 4. The molecule has 0 aliphatic carbocycles. The molecule has 1 atom stereocenters. The lowest BCUT2D eigenvalue weighted by Crippen LogP contribution is -2.31. The highest BCUT2D eigenvalue weighted by atomic mass is 79.9. The predicted molar refractivity (Wildman–Crippen MR) is 96.7 cm³/mol. The fraction of sp³-hybridized carbons (Fsp3) is 0.167. The molecule has 0 aliphatic heterocycles. The highest BCUT2D eigenvalue weighted by molar-refractivity contribution is 9.10. The molecular formula is C18H16BrN3O2. The first kappa shape index (κ1) is 16.4. The summed E-state index contributed by atoms with van der Waals surface area (Å²) in [5.41, 5.74) is 1.50. The molecule has 0 unspecified atom stereocenters. The van der Waals surface area contributed by atoms with E-state index in [0.29, 0.717) is 10.9 Å². The Hall–Kier alpha value is -2.47. The van der Waals surface area contributed by atoms with Gasteiger partial charge >= 0.3 is 0 Å². The minimum absolute atomic E-state index is 0.0512. The third-order valence-electron chi connectivity index (χ3n) is 3.80. The van der Waals surface area contributed by atoms with Crippen molar-refractivity contribution >= 4 is 32.7 Å². The summed E-state index contributed by atoms with van der Waals surface area (Å²) in [5, 5.41) is 7.59. The van der Waals surface area contributed by atoms with E-state index in [1.54, 1.807) is 22.9 Å². The number of carbonyl (C=O) groups is 1. The first-order chi connectivity index (χ1) is 11.6. The first-order valence-electron chi connectivity index (χ1n) is 7.55. The van der Waals surface area contributed by atoms with Crippen LogP contribution in [0.25, 0.3) is 10.9 Å². The zero-order valence-corrected chi connectivity index (χ0v) is 14.7. The number of benzene rings is 2. The summed E-state index contributed by atoms with van der Waals surface area (Å²) in [4.78, 5) is 24.2. The van der Waals surface area contributed by atoms with Gasteiger partial charge in [0, 0.05) is 9.86 Å². The number of nitrogens with one attached hydrogen (secondary N) is 1. The van der Waals surface area contributed by atoms with Gasteiger partial charge in [0.05, 0.1) is 17.8 Å². The van der Waals surface area contributed by atoms with Crippen LogP contribution in [-0.2, 0) is 11.3 Å². The van der Waals surface area contributed by atoms with Crippen LogP contribution in [-0.4, -0.2) is 15.7 Å². The number of amides is 1. The van der Waals surface area contributed by atoms with Gasteiger partial charge in [-0.25, -0.2) is 0 Å². The van der Waals surface area contributed by atoms with Crippen LogP contribution in [0.4, 0.5) is 0 Å². The van der Waals surface area contributed by atoms with Crippen molar-refractivity contribution in [2.45, 2.75) is 19.5 Å². The van der Waals surface area contributed by atoms with E-state index in [4.69, 9.17) is 0 Å². The zero-order valence-electron chi connectivity index (χ0n) is 13.1. The monoisotopic (exact) mass is 385 g/mol. The Morgan fingerprint density at radius 2 is 1.92 bits per heavy atom. The summed E-state index contributed by atoms with van der Waals surface area (Å²) in [6.45, 7) is 1.98. The smallest absolute Gasteiger partial charge is 0.242 e. The van der Waals surface area contributed by atoms with Crippen molar-refractivity contribution in [3.8, 4) is 0 Å². The van der Waals surface area contributed by atoms with Crippen molar-refractivity contribution in [2.75, 3.05) is 0 Å². The standard InChI is InChI=1S/C18H16BrN3O2/c1-12(13-6-2-4-8-15(13)19)21-18(24)11-22-16-9-5-3-7-14(16)17(23)10-20-22/h2-10,12H,11H2,1H3,(H,21,24)/t12-/m0/s1. The van der Waals surface area contributed by atoms with Crippen LogP contribution < -0.4 is 10.7 Å². The van der Waals surface area contributed by atoms with Gasteiger partial charge in [0.15, 0.2) is 0 Å². The number of hydrogen-bond acceptors (Lipinski definition) is 3. The van der Waals surface area contributed by atoms with Gasteiger partial charge in [-0.2, -0.15) is 5.10 Å². The summed E-state index contributed by atoms with van der Waals surface area (Å²) < 4.78 is 2.49. The summed E-state index contributed by atoms with van der Waals surface area (Å²) in [6, 6.07) is 14.8. The molecule has 0 bridgehead atoms. The van der Waals surface area contributed by atoms with E-state index < -0.39 is 0 Å². The lowest BCUT2D eigenvalue weighted by Gasteiger charge is -2.16. The maximum atomic E-state index is 12.4. The van der Waals surface area contributed by atoms with Crippen molar-refractivity contribution in [3.63, 3.8) is 0 Å². The summed E-state index contributed by atoms with van der Waals surface area (Å²) in [5.74, 6) is -0.167. The van der Waals surface area contributed by atoms with Crippen LogP contribution >= 0.6 is 15.9 Å². The van der Waals surface area contributed by atoms with Crippen LogP contribution in [0.5, 0.6) is 0 Å². The number of nitrogens with zero attached hydrogens (tertiary/aromatic N) is 2. The molecule has 0 spiro atoms. The van der Waals surface area contributed by atoms with Crippen LogP contribution in [0, 0.1) is 0 Å². The predicted octanol–water partition coefficient (Wildman–Crippen LogP) is 3.04. The third kappa shape index (κ3) is 3.38. The fourth-order valence-electron chi connectivity index (χ4n) is 2.61. The van der Waals surface area contributed by atoms with E-state index in [9.17, 15) is 9.59 Å². The Balaban J connectivity index is 1.80. The molecule has 1 N–H and O–H groups in total. The van der Waals surface area contributed by atoms with E-state index in [1.807, 2.05) is 37.3 Å². The molecule has 1 aromatic heterocycles. The molecule has 0 aliphatic rings. The number of carbonyl (C=O) groups excluding carboxylic acids is 1. The molecule has 3 aromatic rings. The molecule has 2 aromatic carbocycles. The molecule has 24 heavy (non-hydrogen) atoms. The molecule has 1 heterocycles. The maximum absolute atomic E-state index is 12.4. The van der Waals surface area contributed by atoms with Gasteiger partial charge in [0.1, 0.15) is 6.54 Å². The van der Waals surface area contributed by atoms with Gasteiger partial charge in [-0.15, -0.1) is 0 Å². The van der Waals surface area contributed by atoms with E-state index in [-0.39, 0.29) is 23.9 Å². The first-order valence-corrected chi connectivity index (χ1v) is 8.34. The van der Waals surface area contributed by atoms with E-state index in [2.05, 4.69) is 26.3 Å². The average Bonchev–Trinajstić information content (AvgIpc) is 2.58. The Morgan fingerprint density at radius 3 is 2.71 bits per heavy atom. The van der Waals surface area contributed by atoms with Crippen molar-refractivity contribution in [2.24, 2.45) is 0 Å². The topological polar surface area (TPSA) is 64.0 Å². The van der Waals surface area contributed by atoms with Crippen LogP contribution in [0.15, 0.2) is 64.0 Å². The number of aromatic nitrogens is 2. The highest BCUT2D eigenvalue weighted by Crippen LogP contribution is 2.22. The normalized spacial score (nSPS) is 12.1. The molecule has 0 fully saturated rings. The van der Waals surface area contributed by atoms with E-state index >= 15 is 0 Å². The number of halogens is 1. The minimum Gasteiger partial charge on any atom is -0.348 e. The second kappa shape index (κ2) is 6.97. The lowest BCUT2D eigenvalue weighted by atomic mass is 10.1. The second-order valence-electron chi connectivity index (χ2n) is 5.49. The molecule has 5 nitrogen and oxygen atoms in total. The largest absolute Gasteiger partial charge is 0.348 e. The zero-order chi connectivity index (χ0) is 17.1. The van der Waals surface area contributed by atoms with Gasteiger partial charge in [0.25, 0.3) is 0 Å². The van der Waals surface area contributed by atoms with Gasteiger partial charge in [-0.05, 0) is 30.7 Å². The molecule has 6 heteroatoms. The SMILES string of the molecule is C[C@H](NC(=O)Cn1ncc(=O)c2ccccc21)c1ccccc1Br. The fourth-order valence-corrected chi connectivity index (χ4v) is 3.24. The van der Waals surface area contributed by atoms with E-state index in [1.165, 1.54) is 6.20 Å². The van der Waals surface area contributed by atoms with Gasteiger partial charge in [-0.3, -0.25) is 14.3 Å². The lowest BCUT2D eigenvalue weighted by molar-refractivity contribution is -0.122. The highest BCUT2D eigenvalue weighted by Gasteiger charge is 2.13. The summed E-state index contributed by atoms with van der Waals surface area (Å²) in [6.07, 6.45) is 1.24. The molecule has 122 valence electrons. The molecular weight excluding hydrogens is 370 g/mol. The number of fused-ring (bicyclic) bond motifs is 1. The van der Waals surface area contributed by atoms with Crippen LogP contribution in [0.3, 0.4) is 0 Å². The Morgan fingerprint density at radius 1 is 1.21 bits per heavy atom. The molecule has 3 rings (SSSR count). The number of hydrogen-bond donors (Lipinski definition) is 1. The Kier molecular flexibility index (Phi) is 4.76. The maximum Gasteiger partial charge on any atom is 0.242 e. The van der Waals surface area contributed by atoms with Gasteiger partial charge < -0.3 is 5.32 Å². The minimum atomic E-state index is -0.167.